The van der Waals surface area contributed by atoms with Gasteiger partial charge in [-0.3, -0.25) is 4.79 Å². The Morgan fingerprint density at radius 3 is 2.47 bits per heavy atom. The summed E-state index contributed by atoms with van der Waals surface area (Å²) in [5, 5.41) is 2.93. The molecular formula is C14H10Cl2FNO. The molecule has 0 aliphatic heterocycles. The zero-order valence-corrected chi connectivity index (χ0v) is 11.5. The van der Waals surface area contributed by atoms with E-state index >= 15 is 0 Å². The minimum atomic E-state index is -0.534. The summed E-state index contributed by atoms with van der Waals surface area (Å²) in [6, 6.07) is 9.09. The lowest BCUT2D eigenvalue weighted by Gasteiger charge is -2.08. The molecule has 0 saturated carbocycles. The largest absolute Gasteiger partial charge is 0.322 e. The third-order valence-electron chi connectivity index (χ3n) is 2.55. The van der Waals surface area contributed by atoms with E-state index in [1.165, 1.54) is 18.2 Å². The van der Waals surface area contributed by atoms with Gasteiger partial charge in [-0.1, -0.05) is 29.3 Å². The van der Waals surface area contributed by atoms with Gasteiger partial charge in [0.2, 0.25) is 0 Å². The van der Waals surface area contributed by atoms with E-state index in [4.69, 9.17) is 23.2 Å². The molecule has 0 atom stereocenters. The molecule has 0 saturated heterocycles. The van der Waals surface area contributed by atoms with Crippen LogP contribution in [0.5, 0.6) is 0 Å². The van der Waals surface area contributed by atoms with Crippen LogP contribution in [0.15, 0.2) is 36.4 Å². The summed E-state index contributed by atoms with van der Waals surface area (Å²) < 4.78 is 13.0. The fourth-order valence-corrected chi connectivity index (χ4v) is 2.08. The summed E-state index contributed by atoms with van der Waals surface area (Å²) in [6.07, 6.45) is 0. The summed E-state index contributed by atoms with van der Waals surface area (Å²) in [5.74, 6) is -0.902. The summed E-state index contributed by atoms with van der Waals surface area (Å²) in [4.78, 5) is 12.0. The number of anilines is 1. The standard InChI is InChI=1S/C14H10Cl2FNO/c1-8-2-4-10(11(15)6-8)14(19)18-9-3-5-13(17)12(16)7-9/h2-7H,1H3,(H,18,19). The molecule has 0 unspecified atom stereocenters. The third kappa shape index (κ3) is 3.25. The summed E-state index contributed by atoms with van der Waals surface area (Å²) in [5.41, 5.74) is 1.73. The quantitative estimate of drug-likeness (QED) is 0.856. The van der Waals surface area contributed by atoms with Gasteiger partial charge in [-0.2, -0.15) is 0 Å². The Morgan fingerprint density at radius 2 is 1.84 bits per heavy atom. The first-order valence-corrected chi connectivity index (χ1v) is 6.25. The van der Waals surface area contributed by atoms with Crippen LogP contribution >= 0.6 is 23.2 Å². The second-order valence-corrected chi connectivity index (χ2v) is 4.88. The first kappa shape index (κ1) is 13.8. The predicted molar refractivity (Wildman–Crippen MR) is 75.6 cm³/mol. The Morgan fingerprint density at radius 1 is 1.11 bits per heavy atom. The van der Waals surface area contributed by atoms with Crippen LogP contribution in [0.1, 0.15) is 15.9 Å². The van der Waals surface area contributed by atoms with Crippen molar-refractivity contribution < 1.29 is 9.18 Å². The molecule has 2 aromatic carbocycles. The van der Waals surface area contributed by atoms with Crippen LogP contribution in [0.25, 0.3) is 0 Å². The first-order chi connectivity index (χ1) is 8.97. The molecule has 1 amide bonds. The number of nitrogens with one attached hydrogen (secondary N) is 1. The van der Waals surface area contributed by atoms with E-state index in [9.17, 15) is 9.18 Å². The van der Waals surface area contributed by atoms with E-state index in [1.807, 2.05) is 6.92 Å². The van der Waals surface area contributed by atoms with Crippen molar-refractivity contribution in [3.05, 3.63) is 63.4 Å². The van der Waals surface area contributed by atoms with Crippen molar-refractivity contribution in [3.63, 3.8) is 0 Å². The summed E-state index contributed by atoms with van der Waals surface area (Å²) in [7, 11) is 0. The van der Waals surface area contributed by atoms with Crippen LogP contribution in [0.3, 0.4) is 0 Å². The van der Waals surface area contributed by atoms with Crippen molar-refractivity contribution in [3.8, 4) is 0 Å². The number of halogens is 3. The Labute approximate surface area is 120 Å². The van der Waals surface area contributed by atoms with Crippen LogP contribution in [0.4, 0.5) is 10.1 Å². The van der Waals surface area contributed by atoms with Crippen molar-refractivity contribution in [1.82, 2.24) is 0 Å². The van der Waals surface area contributed by atoms with Crippen molar-refractivity contribution in [2.24, 2.45) is 0 Å². The topological polar surface area (TPSA) is 29.1 Å². The van der Waals surface area contributed by atoms with Gasteiger partial charge in [0.15, 0.2) is 0 Å². The van der Waals surface area contributed by atoms with E-state index in [2.05, 4.69) is 5.32 Å². The zero-order chi connectivity index (χ0) is 14.0. The van der Waals surface area contributed by atoms with Crippen molar-refractivity contribution >= 4 is 34.8 Å². The molecule has 1 N–H and O–H groups in total. The predicted octanol–water partition coefficient (Wildman–Crippen LogP) is 4.69. The highest BCUT2D eigenvalue weighted by Gasteiger charge is 2.11. The smallest absolute Gasteiger partial charge is 0.257 e. The molecule has 98 valence electrons. The minimum absolute atomic E-state index is 0.0483. The Bertz CT molecular complexity index is 643. The molecule has 2 rings (SSSR count). The zero-order valence-electron chi connectivity index (χ0n) is 10.0. The molecule has 0 fully saturated rings. The fraction of sp³-hybridized carbons (Fsp3) is 0.0714. The molecule has 0 radical (unpaired) electrons. The highest BCUT2D eigenvalue weighted by Crippen LogP contribution is 2.22. The number of hydrogen-bond acceptors (Lipinski definition) is 1. The van der Waals surface area contributed by atoms with Gasteiger partial charge < -0.3 is 5.32 Å². The number of carbonyl (C=O) groups excluding carboxylic acids is 1. The van der Waals surface area contributed by atoms with Gasteiger partial charge in [0.25, 0.3) is 5.91 Å². The Hall–Kier alpha value is -1.58. The lowest BCUT2D eigenvalue weighted by Crippen LogP contribution is -2.12. The maximum atomic E-state index is 13.0. The Balaban J connectivity index is 2.23. The normalized spacial score (nSPS) is 10.3. The number of amides is 1. The molecule has 2 nitrogen and oxygen atoms in total. The van der Waals surface area contributed by atoms with Crippen LogP contribution in [-0.4, -0.2) is 5.91 Å². The fourth-order valence-electron chi connectivity index (χ4n) is 1.58. The molecule has 0 aliphatic carbocycles. The molecule has 2 aromatic rings. The minimum Gasteiger partial charge on any atom is -0.322 e. The lowest BCUT2D eigenvalue weighted by molar-refractivity contribution is 0.102. The third-order valence-corrected chi connectivity index (χ3v) is 3.15. The van der Waals surface area contributed by atoms with Crippen molar-refractivity contribution in [2.45, 2.75) is 6.92 Å². The number of hydrogen-bond donors (Lipinski definition) is 1. The molecule has 5 heteroatoms. The maximum absolute atomic E-state index is 13.0. The van der Waals surface area contributed by atoms with E-state index < -0.39 is 5.82 Å². The van der Waals surface area contributed by atoms with Gasteiger partial charge >= 0.3 is 0 Å². The Kier molecular flexibility index (Phi) is 4.08. The van der Waals surface area contributed by atoms with E-state index in [0.717, 1.165) is 5.56 Å². The van der Waals surface area contributed by atoms with Crippen LogP contribution < -0.4 is 5.32 Å². The molecule has 0 bridgehead atoms. The van der Waals surface area contributed by atoms with Crippen LogP contribution in [0, 0.1) is 12.7 Å². The molecule has 0 aromatic heterocycles. The average Bonchev–Trinajstić information content (AvgIpc) is 2.33. The molecule has 0 spiro atoms. The highest BCUT2D eigenvalue weighted by molar-refractivity contribution is 6.34. The maximum Gasteiger partial charge on any atom is 0.257 e. The molecule has 19 heavy (non-hydrogen) atoms. The van der Waals surface area contributed by atoms with E-state index in [-0.39, 0.29) is 10.9 Å². The number of aryl methyl sites for hydroxylation is 1. The number of rotatable bonds is 2. The van der Waals surface area contributed by atoms with Gasteiger partial charge in [0.05, 0.1) is 15.6 Å². The number of benzene rings is 2. The van der Waals surface area contributed by atoms with Gasteiger partial charge in [-0.25, -0.2) is 4.39 Å². The van der Waals surface area contributed by atoms with Crippen LogP contribution in [0.2, 0.25) is 10.0 Å². The monoisotopic (exact) mass is 297 g/mol. The lowest BCUT2D eigenvalue weighted by atomic mass is 10.1. The second kappa shape index (κ2) is 5.59. The summed E-state index contributed by atoms with van der Waals surface area (Å²) in [6.45, 7) is 1.88. The summed E-state index contributed by atoms with van der Waals surface area (Å²) >= 11 is 11.6. The SMILES string of the molecule is Cc1ccc(C(=O)Nc2ccc(F)c(Cl)c2)c(Cl)c1. The molecular weight excluding hydrogens is 288 g/mol. The molecule has 0 aliphatic rings. The van der Waals surface area contributed by atoms with Crippen LogP contribution in [-0.2, 0) is 0 Å². The average molecular weight is 298 g/mol. The van der Waals surface area contributed by atoms with Crippen molar-refractivity contribution in [1.29, 1.82) is 0 Å². The highest BCUT2D eigenvalue weighted by atomic mass is 35.5. The molecule has 0 heterocycles. The van der Waals surface area contributed by atoms with Gasteiger partial charge in [-0.05, 0) is 42.8 Å². The van der Waals surface area contributed by atoms with Gasteiger partial charge in [-0.15, -0.1) is 0 Å². The van der Waals surface area contributed by atoms with E-state index in [0.29, 0.717) is 16.3 Å². The second-order valence-electron chi connectivity index (χ2n) is 4.07. The first-order valence-electron chi connectivity index (χ1n) is 5.50. The number of carbonyl (C=O) groups is 1. The van der Waals surface area contributed by atoms with Crippen molar-refractivity contribution in [2.75, 3.05) is 5.32 Å². The van der Waals surface area contributed by atoms with Gasteiger partial charge in [0.1, 0.15) is 5.82 Å². The van der Waals surface area contributed by atoms with E-state index in [1.54, 1.807) is 18.2 Å². The van der Waals surface area contributed by atoms with Gasteiger partial charge in [0, 0.05) is 5.69 Å².